The van der Waals surface area contributed by atoms with Crippen LogP contribution in [0.15, 0.2) is 10.6 Å². The van der Waals surface area contributed by atoms with Gasteiger partial charge in [-0.2, -0.15) is 13.2 Å². The third-order valence-electron chi connectivity index (χ3n) is 4.02. The zero-order valence-corrected chi connectivity index (χ0v) is 13.0. The molecule has 0 atom stereocenters. The standard InChI is InChI=1S/C15H17F3N4O2/c1-8-6-10(13(23)20-7-15(16,17)18)11-12(22-24-14(11)21-8)9-2-4-19-5-3-9/h6,9,19H,2-5,7H2,1H3,(H,20,23). The number of pyridine rings is 1. The molecule has 2 aromatic heterocycles. The summed E-state index contributed by atoms with van der Waals surface area (Å²) in [6.45, 7) is 1.89. The number of carbonyl (C=O) groups is 1. The van der Waals surface area contributed by atoms with Gasteiger partial charge >= 0.3 is 6.18 Å². The summed E-state index contributed by atoms with van der Waals surface area (Å²) in [6, 6.07) is 1.47. The zero-order valence-electron chi connectivity index (χ0n) is 13.0. The van der Waals surface area contributed by atoms with E-state index in [0.29, 0.717) is 16.8 Å². The minimum absolute atomic E-state index is 0.0890. The number of nitrogens with one attached hydrogen (secondary N) is 2. The highest BCUT2D eigenvalue weighted by atomic mass is 19.4. The Morgan fingerprint density at radius 2 is 2.12 bits per heavy atom. The molecule has 2 N–H and O–H groups in total. The van der Waals surface area contributed by atoms with E-state index in [2.05, 4.69) is 15.5 Å². The number of piperidine rings is 1. The van der Waals surface area contributed by atoms with Crippen LogP contribution in [0.4, 0.5) is 13.2 Å². The fourth-order valence-electron chi connectivity index (χ4n) is 2.93. The fourth-order valence-corrected chi connectivity index (χ4v) is 2.93. The van der Waals surface area contributed by atoms with Gasteiger partial charge in [-0.3, -0.25) is 4.79 Å². The topological polar surface area (TPSA) is 80.0 Å². The first kappa shape index (κ1) is 16.7. The summed E-state index contributed by atoms with van der Waals surface area (Å²) < 4.78 is 42.3. The molecule has 1 aliphatic heterocycles. The summed E-state index contributed by atoms with van der Waals surface area (Å²) in [5.74, 6) is -0.715. The first-order chi connectivity index (χ1) is 11.3. The molecule has 0 unspecified atom stereocenters. The molecular weight excluding hydrogens is 325 g/mol. The summed E-state index contributed by atoms with van der Waals surface area (Å²) in [5, 5.41) is 9.59. The van der Waals surface area contributed by atoms with Crippen molar-refractivity contribution >= 4 is 17.0 Å². The van der Waals surface area contributed by atoms with Gasteiger partial charge in [0.15, 0.2) is 0 Å². The van der Waals surface area contributed by atoms with Crippen LogP contribution < -0.4 is 10.6 Å². The highest BCUT2D eigenvalue weighted by molar-refractivity contribution is 6.06. The zero-order chi connectivity index (χ0) is 17.3. The minimum atomic E-state index is -4.47. The number of aryl methyl sites for hydroxylation is 1. The highest BCUT2D eigenvalue weighted by Gasteiger charge is 2.30. The van der Waals surface area contributed by atoms with Crippen molar-refractivity contribution in [1.29, 1.82) is 0 Å². The van der Waals surface area contributed by atoms with E-state index in [9.17, 15) is 18.0 Å². The Bertz CT molecular complexity index is 751. The van der Waals surface area contributed by atoms with Crippen LogP contribution in [-0.4, -0.2) is 41.9 Å². The second kappa shape index (κ2) is 6.39. The number of nitrogens with zero attached hydrogens (tertiary/aromatic N) is 2. The Labute approximate surface area is 135 Å². The van der Waals surface area contributed by atoms with Crippen LogP contribution in [-0.2, 0) is 0 Å². The molecule has 0 bridgehead atoms. The lowest BCUT2D eigenvalue weighted by Crippen LogP contribution is -2.34. The number of halogens is 3. The van der Waals surface area contributed by atoms with Gasteiger partial charge in [-0.05, 0) is 38.9 Å². The lowest BCUT2D eigenvalue weighted by Gasteiger charge is -2.21. The number of alkyl halides is 3. The van der Waals surface area contributed by atoms with Crippen molar-refractivity contribution in [2.45, 2.75) is 31.9 Å². The average Bonchev–Trinajstić information content (AvgIpc) is 2.95. The second-order valence-electron chi connectivity index (χ2n) is 5.88. The number of hydrogen-bond donors (Lipinski definition) is 2. The maximum atomic E-state index is 12.4. The average molecular weight is 342 g/mol. The molecule has 0 spiro atoms. The van der Waals surface area contributed by atoms with Gasteiger partial charge in [-0.15, -0.1) is 0 Å². The van der Waals surface area contributed by atoms with E-state index in [4.69, 9.17) is 4.52 Å². The molecule has 9 heteroatoms. The largest absolute Gasteiger partial charge is 0.405 e. The van der Waals surface area contributed by atoms with E-state index in [1.807, 2.05) is 5.32 Å². The smallest absolute Gasteiger partial charge is 0.343 e. The van der Waals surface area contributed by atoms with Crippen molar-refractivity contribution in [3.8, 4) is 0 Å². The van der Waals surface area contributed by atoms with E-state index in [-0.39, 0.29) is 17.2 Å². The second-order valence-corrected chi connectivity index (χ2v) is 5.88. The lowest BCUT2D eigenvalue weighted by molar-refractivity contribution is -0.123. The van der Waals surface area contributed by atoms with Crippen molar-refractivity contribution in [1.82, 2.24) is 20.8 Å². The number of hydrogen-bond acceptors (Lipinski definition) is 5. The van der Waals surface area contributed by atoms with Crippen molar-refractivity contribution in [3.63, 3.8) is 0 Å². The van der Waals surface area contributed by atoms with Crippen molar-refractivity contribution in [3.05, 3.63) is 23.0 Å². The van der Waals surface area contributed by atoms with Gasteiger partial charge in [0.25, 0.3) is 11.6 Å². The van der Waals surface area contributed by atoms with Gasteiger partial charge in [-0.1, -0.05) is 5.16 Å². The molecule has 1 amide bonds. The van der Waals surface area contributed by atoms with E-state index >= 15 is 0 Å². The molecule has 6 nitrogen and oxygen atoms in total. The van der Waals surface area contributed by atoms with E-state index in [1.54, 1.807) is 6.92 Å². The molecule has 0 saturated carbocycles. The Kier molecular flexibility index (Phi) is 4.44. The van der Waals surface area contributed by atoms with Crippen LogP contribution in [0.2, 0.25) is 0 Å². The van der Waals surface area contributed by atoms with Gasteiger partial charge in [0.2, 0.25) is 0 Å². The molecule has 130 valence electrons. The molecule has 3 heterocycles. The van der Waals surface area contributed by atoms with Crippen molar-refractivity contribution < 1.29 is 22.5 Å². The number of carbonyl (C=O) groups excluding carboxylic acids is 1. The third kappa shape index (κ3) is 3.50. The maximum Gasteiger partial charge on any atom is 0.405 e. The van der Waals surface area contributed by atoms with Gasteiger partial charge in [0.05, 0.1) is 16.6 Å². The molecule has 0 radical (unpaired) electrons. The van der Waals surface area contributed by atoms with E-state index in [0.717, 1.165) is 25.9 Å². The summed E-state index contributed by atoms with van der Waals surface area (Å²) in [4.78, 5) is 16.5. The molecule has 0 aromatic carbocycles. The number of aromatic nitrogens is 2. The lowest BCUT2D eigenvalue weighted by atomic mass is 9.91. The molecule has 3 rings (SSSR count). The Morgan fingerprint density at radius 1 is 1.42 bits per heavy atom. The Balaban J connectivity index is 1.99. The van der Waals surface area contributed by atoms with Crippen LogP contribution in [0.25, 0.3) is 11.1 Å². The van der Waals surface area contributed by atoms with Gasteiger partial charge in [0, 0.05) is 11.6 Å². The summed E-state index contributed by atoms with van der Waals surface area (Å²) in [6.07, 6.45) is -2.83. The molecule has 1 saturated heterocycles. The highest BCUT2D eigenvalue weighted by Crippen LogP contribution is 2.32. The van der Waals surface area contributed by atoms with Gasteiger partial charge < -0.3 is 15.2 Å². The first-order valence-electron chi connectivity index (χ1n) is 7.68. The van der Waals surface area contributed by atoms with Crippen molar-refractivity contribution in [2.75, 3.05) is 19.6 Å². The number of fused-ring (bicyclic) bond motifs is 1. The van der Waals surface area contributed by atoms with Crippen LogP contribution in [0.1, 0.15) is 40.5 Å². The molecular formula is C15H17F3N4O2. The minimum Gasteiger partial charge on any atom is -0.343 e. The number of rotatable bonds is 3. The van der Waals surface area contributed by atoms with Crippen LogP contribution >= 0.6 is 0 Å². The molecule has 24 heavy (non-hydrogen) atoms. The maximum absolute atomic E-state index is 12.4. The van der Waals surface area contributed by atoms with Crippen LogP contribution in [0.5, 0.6) is 0 Å². The molecule has 1 aliphatic rings. The molecule has 1 fully saturated rings. The summed E-state index contributed by atoms with van der Waals surface area (Å²) in [7, 11) is 0. The summed E-state index contributed by atoms with van der Waals surface area (Å²) in [5.41, 5.74) is 1.38. The summed E-state index contributed by atoms with van der Waals surface area (Å²) >= 11 is 0. The van der Waals surface area contributed by atoms with E-state index < -0.39 is 18.6 Å². The quantitative estimate of drug-likeness (QED) is 0.895. The molecule has 2 aromatic rings. The van der Waals surface area contributed by atoms with Gasteiger partial charge in [-0.25, -0.2) is 4.98 Å². The van der Waals surface area contributed by atoms with E-state index in [1.165, 1.54) is 6.07 Å². The molecule has 0 aliphatic carbocycles. The van der Waals surface area contributed by atoms with Crippen molar-refractivity contribution in [2.24, 2.45) is 0 Å². The number of amides is 1. The first-order valence-corrected chi connectivity index (χ1v) is 7.68. The third-order valence-corrected chi connectivity index (χ3v) is 4.02. The predicted octanol–water partition coefficient (Wildman–Crippen LogP) is 2.29. The monoisotopic (exact) mass is 342 g/mol. The normalized spacial score (nSPS) is 16.5. The van der Waals surface area contributed by atoms with Crippen LogP contribution in [0, 0.1) is 6.92 Å². The Hall–Kier alpha value is -2.16. The Morgan fingerprint density at radius 3 is 2.79 bits per heavy atom. The predicted molar refractivity (Wildman–Crippen MR) is 79.8 cm³/mol. The fraction of sp³-hybridized carbons (Fsp3) is 0.533. The SMILES string of the molecule is Cc1cc(C(=O)NCC(F)(F)F)c2c(C3CCNCC3)noc2n1. The van der Waals surface area contributed by atoms with Crippen LogP contribution in [0.3, 0.4) is 0 Å². The van der Waals surface area contributed by atoms with Gasteiger partial charge in [0.1, 0.15) is 6.54 Å².